The minimum Gasteiger partial charge on any atom is -0.493 e. The van der Waals surface area contributed by atoms with Crippen molar-refractivity contribution >= 4 is 22.9 Å². The summed E-state index contributed by atoms with van der Waals surface area (Å²) in [5.41, 5.74) is 2.46. The van der Waals surface area contributed by atoms with Crippen LogP contribution >= 0.6 is 0 Å². The number of anilines is 1. The highest BCUT2D eigenvalue weighted by Crippen LogP contribution is 2.42. The number of ether oxygens (including phenoxy) is 3. The lowest BCUT2D eigenvalue weighted by molar-refractivity contribution is 0.0779. The Bertz CT molecular complexity index is 1980. The molecule has 10 nitrogen and oxygen atoms in total. The third kappa shape index (κ3) is 7.04. The lowest BCUT2D eigenvalue weighted by Gasteiger charge is -2.39. The molecule has 0 spiro atoms. The molecule has 2 fully saturated rings. The molecule has 2 saturated heterocycles. The van der Waals surface area contributed by atoms with Gasteiger partial charge >= 0.3 is 0 Å². The van der Waals surface area contributed by atoms with Gasteiger partial charge in [0.25, 0.3) is 5.91 Å². The summed E-state index contributed by atoms with van der Waals surface area (Å²) in [7, 11) is 4.53. The molecule has 3 aromatic carbocycles. The van der Waals surface area contributed by atoms with E-state index in [9.17, 15) is 13.6 Å². The Hall–Kier alpha value is -5.10. The number of para-hydroxylation sites is 2. The summed E-state index contributed by atoms with van der Waals surface area (Å²) in [6.07, 6.45) is 3.13. The lowest BCUT2D eigenvalue weighted by atomic mass is 9.76. The number of halogens is 2. The molecule has 2 aromatic heterocycles. The number of H-pyrrole nitrogens is 1. The number of aromatic amines is 1. The maximum Gasteiger partial charge on any atom is 0.254 e. The van der Waals surface area contributed by atoms with Gasteiger partial charge in [-0.3, -0.25) is 4.79 Å². The van der Waals surface area contributed by atoms with Crippen molar-refractivity contribution in [2.45, 2.75) is 50.6 Å². The summed E-state index contributed by atoms with van der Waals surface area (Å²) in [6.45, 7) is 5.86. The molecule has 2 aliphatic heterocycles. The first-order chi connectivity index (χ1) is 25.2. The predicted octanol–water partition coefficient (Wildman–Crippen LogP) is 7.11. The summed E-state index contributed by atoms with van der Waals surface area (Å²) in [5, 5.41) is 0. The zero-order chi connectivity index (χ0) is 36.4. The molecule has 12 heteroatoms. The van der Waals surface area contributed by atoms with Gasteiger partial charge in [0, 0.05) is 43.2 Å². The maximum absolute atomic E-state index is 14.7. The number of methoxy groups -OCH3 is 3. The third-order valence-electron chi connectivity index (χ3n) is 10.8. The van der Waals surface area contributed by atoms with Gasteiger partial charge in [-0.2, -0.15) is 0 Å². The molecule has 0 aliphatic carbocycles. The van der Waals surface area contributed by atoms with Crippen LogP contribution in [0.5, 0.6) is 17.2 Å². The zero-order valence-electron chi connectivity index (χ0n) is 30.1. The van der Waals surface area contributed by atoms with Crippen LogP contribution in [0.15, 0.2) is 71.1 Å². The van der Waals surface area contributed by atoms with Crippen molar-refractivity contribution in [3.63, 3.8) is 0 Å². The van der Waals surface area contributed by atoms with E-state index >= 15 is 0 Å². The smallest absolute Gasteiger partial charge is 0.254 e. The van der Waals surface area contributed by atoms with Crippen molar-refractivity contribution in [1.29, 1.82) is 0 Å². The molecule has 52 heavy (non-hydrogen) atoms. The van der Waals surface area contributed by atoms with Crippen molar-refractivity contribution in [3.05, 3.63) is 101 Å². The van der Waals surface area contributed by atoms with E-state index < -0.39 is 17.0 Å². The Kier molecular flexibility index (Phi) is 10.1. The quantitative estimate of drug-likeness (QED) is 0.146. The van der Waals surface area contributed by atoms with E-state index in [0.717, 1.165) is 61.0 Å². The number of nitrogens with zero attached hydrogens (tertiary/aromatic N) is 4. The SMILES string of the molecule is COc1cc(C(=O)N2CCC(CCN3CCC(N(Cc4ccc(C)o4)c4nc5ccccc5[nH]4)CC3)(c3ccc(F)c(F)c3)C2)cc(OC)c1OC. The molecule has 1 amide bonds. The normalized spacial score (nSPS) is 18.2. The number of fused-ring (bicyclic) bond motifs is 1. The van der Waals surface area contributed by atoms with Gasteiger partial charge in [0.2, 0.25) is 11.7 Å². The monoisotopic (exact) mass is 713 g/mol. The zero-order valence-corrected chi connectivity index (χ0v) is 30.1. The number of piperidine rings is 1. The number of aryl methyl sites for hydroxylation is 1. The first kappa shape index (κ1) is 35.3. The number of likely N-dealkylation sites (tertiary alicyclic amines) is 2. The van der Waals surface area contributed by atoms with Crippen LogP contribution in [-0.4, -0.2) is 85.8 Å². The van der Waals surface area contributed by atoms with Crippen LogP contribution in [0.3, 0.4) is 0 Å². The minimum absolute atomic E-state index is 0.193. The lowest BCUT2D eigenvalue weighted by Crippen LogP contribution is -2.46. The first-order valence-electron chi connectivity index (χ1n) is 17.7. The van der Waals surface area contributed by atoms with E-state index in [1.807, 2.05) is 43.3 Å². The number of imidazole rings is 1. The molecule has 1 unspecified atom stereocenters. The van der Waals surface area contributed by atoms with Crippen LogP contribution < -0.4 is 19.1 Å². The van der Waals surface area contributed by atoms with Crippen LogP contribution in [0.2, 0.25) is 0 Å². The van der Waals surface area contributed by atoms with Crippen molar-refractivity contribution in [2.75, 3.05) is 59.0 Å². The van der Waals surface area contributed by atoms with Crippen molar-refractivity contribution < 1.29 is 32.2 Å². The largest absolute Gasteiger partial charge is 0.493 e. The number of hydrogen-bond donors (Lipinski definition) is 1. The average molecular weight is 714 g/mol. The van der Waals surface area contributed by atoms with Gasteiger partial charge in [0.05, 0.1) is 38.9 Å². The summed E-state index contributed by atoms with van der Waals surface area (Å²) in [4.78, 5) is 28.9. The second-order valence-corrected chi connectivity index (χ2v) is 13.8. The van der Waals surface area contributed by atoms with Crippen LogP contribution in [0, 0.1) is 18.6 Å². The average Bonchev–Trinajstić information content (AvgIpc) is 3.92. The highest BCUT2D eigenvalue weighted by atomic mass is 19.2. The first-order valence-corrected chi connectivity index (χ1v) is 17.7. The van der Waals surface area contributed by atoms with E-state index in [1.165, 1.54) is 33.5 Å². The topological polar surface area (TPSA) is 96.3 Å². The molecule has 2 aliphatic rings. The molecule has 1 atom stereocenters. The minimum atomic E-state index is -0.886. The Labute approximate surface area is 302 Å². The molecule has 0 saturated carbocycles. The van der Waals surface area contributed by atoms with Crippen LogP contribution in [0.4, 0.5) is 14.7 Å². The Morgan fingerprint density at radius 2 is 1.71 bits per heavy atom. The molecular weight excluding hydrogens is 668 g/mol. The molecule has 7 rings (SSSR count). The van der Waals surface area contributed by atoms with Crippen LogP contribution in [0.1, 0.15) is 53.1 Å². The van der Waals surface area contributed by atoms with Crippen LogP contribution in [0.25, 0.3) is 11.0 Å². The molecule has 274 valence electrons. The van der Waals surface area contributed by atoms with Gasteiger partial charge in [-0.05, 0) is 93.2 Å². The summed E-state index contributed by atoms with van der Waals surface area (Å²) >= 11 is 0. The molecule has 0 bridgehead atoms. The number of carbonyl (C=O) groups excluding carboxylic acids is 1. The van der Waals surface area contributed by atoms with Crippen molar-refractivity contribution in [1.82, 2.24) is 19.8 Å². The second kappa shape index (κ2) is 14.9. The number of hydrogen-bond acceptors (Lipinski definition) is 8. The van der Waals surface area contributed by atoms with Gasteiger partial charge in [-0.15, -0.1) is 0 Å². The van der Waals surface area contributed by atoms with Crippen molar-refractivity contribution in [3.8, 4) is 17.2 Å². The number of amides is 1. The van der Waals surface area contributed by atoms with Gasteiger partial charge in [0.15, 0.2) is 23.1 Å². The van der Waals surface area contributed by atoms with Crippen LogP contribution in [-0.2, 0) is 12.0 Å². The van der Waals surface area contributed by atoms with Gasteiger partial charge in [0.1, 0.15) is 11.5 Å². The van der Waals surface area contributed by atoms with Gasteiger partial charge in [-0.25, -0.2) is 13.8 Å². The number of rotatable bonds is 12. The maximum atomic E-state index is 14.7. The Balaban J connectivity index is 1.07. The third-order valence-corrected chi connectivity index (χ3v) is 10.8. The predicted molar refractivity (Wildman–Crippen MR) is 194 cm³/mol. The fourth-order valence-corrected chi connectivity index (χ4v) is 7.86. The van der Waals surface area contributed by atoms with E-state index in [1.54, 1.807) is 23.1 Å². The number of benzene rings is 3. The fraction of sp³-hybridized carbons (Fsp3) is 0.400. The molecule has 1 N–H and O–H groups in total. The molecule has 5 aromatic rings. The molecular formula is C40H45F2N5O5. The number of nitrogens with one attached hydrogen (secondary N) is 1. The Morgan fingerprint density at radius 1 is 0.962 bits per heavy atom. The summed E-state index contributed by atoms with van der Waals surface area (Å²) in [6, 6.07) is 19.7. The number of furan rings is 1. The molecule has 0 radical (unpaired) electrons. The fourth-order valence-electron chi connectivity index (χ4n) is 7.86. The molecule has 4 heterocycles. The number of carbonyl (C=O) groups is 1. The highest BCUT2D eigenvalue weighted by molar-refractivity contribution is 5.96. The van der Waals surface area contributed by atoms with Gasteiger partial charge < -0.3 is 38.3 Å². The van der Waals surface area contributed by atoms with E-state index in [-0.39, 0.29) is 11.9 Å². The van der Waals surface area contributed by atoms with E-state index in [0.29, 0.717) is 60.9 Å². The van der Waals surface area contributed by atoms with E-state index in [4.69, 9.17) is 23.6 Å². The summed E-state index contributed by atoms with van der Waals surface area (Å²) < 4.78 is 51.3. The standard InChI is InChI=1S/C40H45F2N5O5/c1-26-9-11-30(52-26)24-47(39-43-33-7-5-6-8-34(33)44-39)29-13-17-45(18-14-29)19-15-40(28-10-12-31(41)32(42)23-28)16-20-46(25-40)38(48)27-21-35(49-2)37(51-4)36(22-27)50-3/h5-12,21-23,29H,13-20,24-25H2,1-4H3,(H,43,44). The van der Waals surface area contributed by atoms with Crippen molar-refractivity contribution in [2.24, 2.45) is 0 Å². The number of aromatic nitrogens is 2. The second-order valence-electron chi connectivity index (χ2n) is 13.8. The highest BCUT2D eigenvalue weighted by Gasteiger charge is 2.42. The Morgan fingerprint density at radius 3 is 2.37 bits per heavy atom. The summed E-state index contributed by atoms with van der Waals surface area (Å²) in [5.74, 6) is 1.80. The van der Waals surface area contributed by atoms with Gasteiger partial charge in [-0.1, -0.05) is 18.2 Å². The van der Waals surface area contributed by atoms with E-state index in [2.05, 4.69) is 14.8 Å².